The second kappa shape index (κ2) is 5.32. The molecule has 1 saturated heterocycles. The predicted molar refractivity (Wildman–Crippen MR) is 72.2 cm³/mol. The predicted octanol–water partition coefficient (Wildman–Crippen LogP) is 0.620. The average molecular weight is 276 g/mol. The SMILES string of the molecule is COC(=O)c1cccc(N2CC(C(N)=O)CC2=O)c1C. The van der Waals surface area contributed by atoms with Gasteiger partial charge in [0.1, 0.15) is 0 Å². The van der Waals surface area contributed by atoms with Crippen molar-refractivity contribution in [3.63, 3.8) is 0 Å². The maximum Gasteiger partial charge on any atom is 0.338 e. The maximum absolute atomic E-state index is 12.0. The molecule has 0 saturated carbocycles. The molecule has 1 aromatic carbocycles. The Hall–Kier alpha value is -2.37. The van der Waals surface area contributed by atoms with Crippen LogP contribution in [0.2, 0.25) is 0 Å². The Balaban J connectivity index is 2.37. The van der Waals surface area contributed by atoms with Gasteiger partial charge in [-0.1, -0.05) is 6.07 Å². The molecule has 1 heterocycles. The topological polar surface area (TPSA) is 89.7 Å². The van der Waals surface area contributed by atoms with Crippen molar-refractivity contribution in [1.82, 2.24) is 0 Å². The molecule has 1 unspecified atom stereocenters. The number of carbonyl (C=O) groups is 3. The highest BCUT2D eigenvalue weighted by atomic mass is 16.5. The smallest absolute Gasteiger partial charge is 0.338 e. The van der Waals surface area contributed by atoms with E-state index in [1.807, 2.05) is 0 Å². The van der Waals surface area contributed by atoms with Gasteiger partial charge < -0.3 is 15.4 Å². The number of carbonyl (C=O) groups excluding carboxylic acids is 3. The van der Waals surface area contributed by atoms with Gasteiger partial charge in [-0.05, 0) is 24.6 Å². The van der Waals surface area contributed by atoms with Gasteiger partial charge in [-0.2, -0.15) is 0 Å². The zero-order valence-electron chi connectivity index (χ0n) is 11.4. The van der Waals surface area contributed by atoms with Crippen LogP contribution >= 0.6 is 0 Å². The van der Waals surface area contributed by atoms with Gasteiger partial charge in [0.15, 0.2) is 0 Å². The van der Waals surface area contributed by atoms with Crippen molar-refractivity contribution in [3.05, 3.63) is 29.3 Å². The van der Waals surface area contributed by atoms with Gasteiger partial charge in [0.2, 0.25) is 11.8 Å². The summed E-state index contributed by atoms with van der Waals surface area (Å²) in [5.41, 5.74) is 6.91. The summed E-state index contributed by atoms with van der Waals surface area (Å²) >= 11 is 0. The van der Waals surface area contributed by atoms with Crippen molar-refractivity contribution in [2.24, 2.45) is 11.7 Å². The minimum atomic E-state index is -0.484. The first-order valence-corrected chi connectivity index (χ1v) is 6.23. The summed E-state index contributed by atoms with van der Waals surface area (Å²) in [4.78, 5) is 36.3. The summed E-state index contributed by atoms with van der Waals surface area (Å²) in [7, 11) is 1.30. The van der Waals surface area contributed by atoms with Crippen molar-refractivity contribution < 1.29 is 19.1 Å². The third-order valence-electron chi connectivity index (χ3n) is 3.53. The third kappa shape index (κ3) is 2.36. The van der Waals surface area contributed by atoms with Crippen molar-refractivity contribution in [2.75, 3.05) is 18.6 Å². The van der Waals surface area contributed by atoms with Crippen LogP contribution in [0.5, 0.6) is 0 Å². The fourth-order valence-corrected chi connectivity index (χ4v) is 2.38. The monoisotopic (exact) mass is 276 g/mol. The molecule has 6 nitrogen and oxygen atoms in total. The van der Waals surface area contributed by atoms with Crippen LogP contribution in [0.3, 0.4) is 0 Å². The van der Waals surface area contributed by atoms with Crippen LogP contribution in [0.1, 0.15) is 22.3 Å². The Morgan fingerprint density at radius 1 is 1.40 bits per heavy atom. The summed E-state index contributed by atoms with van der Waals surface area (Å²) < 4.78 is 4.70. The van der Waals surface area contributed by atoms with E-state index in [2.05, 4.69) is 0 Å². The van der Waals surface area contributed by atoms with E-state index in [4.69, 9.17) is 10.5 Å². The zero-order chi connectivity index (χ0) is 14.9. The molecule has 0 bridgehead atoms. The molecule has 1 aromatic rings. The third-order valence-corrected chi connectivity index (χ3v) is 3.53. The van der Waals surface area contributed by atoms with Gasteiger partial charge in [-0.15, -0.1) is 0 Å². The summed E-state index contributed by atoms with van der Waals surface area (Å²) in [5.74, 6) is -1.59. The molecule has 6 heteroatoms. The molecule has 0 spiro atoms. The molecule has 0 aromatic heterocycles. The number of anilines is 1. The standard InChI is InChI=1S/C14H16N2O4/c1-8-10(14(19)20-2)4-3-5-11(8)16-7-9(13(15)18)6-12(16)17/h3-5,9H,6-7H2,1-2H3,(H2,15,18). The molecule has 2 amide bonds. The van der Waals surface area contributed by atoms with Gasteiger partial charge >= 0.3 is 5.97 Å². The molecule has 0 aliphatic carbocycles. The molecule has 20 heavy (non-hydrogen) atoms. The number of rotatable bonds is 3. The van der Waals surface area contributed by atoms with Crippen LogP contribution < -0.4 is 10.6 Å². The second-order valence-corrected chi connectivity index (χ2v) is 4.75. The van der Waals surface area contributed by atoms with E-state index in [-0.39, 0.29) is 18.9 Å². The van der Waals surface area contributed by atoms with E-state index < -0.39 is 17.8 Å². The number of amides is 2. The number of benzene rings is 1. The van der Waals surface area contributed by atoms with Crippen LogP contribution in [0.15, 0.2) is 18.2 Å². The van der Waals surface area contributed by atoms with E-state index in [0.29, 0.717) is 16.8 Å². The van der Waals surface area contributed by atoms with Crippen LogP contribution in [-0.2, 0) is 14.3 Å². The van der Waals surface area contributed by atoms with Crippen molar-refractivity contribution in [2.45, 2.75) is 13.3 Å². The van der Waals surface area contributed by atoms with E-state index in [0.717, 1.165) is 0 Å². The lowest BCUT2D eigenvalue weighted by Crippen LogP contribution is -2.29. The molecule has 106 valence electrons. The van der Waals surface area contributed by atoms with E-state index in [1.165, 1.54) is 12.0 Å². The van der Waals surface area contributed by atoms with Gasteiger partial charge in [-0.3, -0.25) is 9.59 Å². The highest BCUT2D eigenvalue weighted by Gasteiger charge is 2.35. The highest BCUT2D eigenvalue weighted by molar-refractivity contribution is 6.02. The molecule has 1 fully saturated rings. The fraction of sp³-hybridized carbons (Fsp3) is 0.357. The number of esters is 1. The summed E-state index contributed by atoms with van der Waals surface area (Å²) in [6.07, 6.45) is 0.108. The van der Waals surface area contributed by atoms with E-state index >= 15 is 0 Å². The molecular weight excluding hydrogens is 260 g/mol. The Bertz CT molecular complexity index is 583. The fourth-order valence-electron chi connectivity index (χ4n) is 2.38. The molecule has 0 radical (unpaired) electrons. The number of nitrogens with two attached hydrogens (primary N) is 1. The molecule has 2 N–H and O–H groups in total. The minimum absolute atomic E-state index is 0.108. The Morgan fingerprint density at radius 3 is 2.65 bits per heavy atom. The van der Waals surface area contributed by atoms with Crippen LogP contribution in [-0.4, -0.2) is 31.4 Å². The van der Waals surface area contributed by atoms with E-state index in [1.54, 1.807) is 25.1 Å². The maximum atomic E-state index is 12.0. The first kappa shape index (κ1) is 14.0. The lowest BCUT2D eigenvalue weighted by molar-refractivity contribution is -0.123. The lowest BCUT2D eigenvalue weighted by Gasteiger charge is -2.20. The normalized spacial score (nSPS) is 18.2. The number of hydrogen-bond donors (Lipinski definition) is 1. The van der Waals surface area contributed by atoms with Crippen molar-refractivity contribution in [3.8, 4) is 0 Å². The quantitative estimate of drug-likeness (QED) is 0.819. The molecule has 2 rings (SSSR count). The van der Waals surface area contributed by atoms with E-state index in [9.17, 15) is 14.4 Å². The number of primary amides is 1. The summed E-state index contributed by atoms with van der Waals surface area (Å²) in [6.45, 7) is 1.99. The van der Waals surface area contributed by atoms with Crippen molar-refractivity contribution in [1.29, 1.82) is 0 Å². The lowest BCUT2D eigenvalue weighted by atomic mass is 10.1. The van der Waals surface area contributed by atoms with Crippen LogP contribution in [0, 0.1) is 12.8 Å². The first-order valence-electron chi connectivity index (χ1n) is 6.23. The number of nitrogens with zero attached hydrogens (tertiary/aromatic N) is 1. The van der Waals surface area contributed by atoms with Gasteiger partial charge in [0.25, 0.3) is 0 Å². The Kier molecular flexibility index (Phi) is 3.74. The minimum Gasteiger partial charge on any atom is -0.465 e. The number of ether oxygens (including phenoxy) is 1. The zero-order valence-corrected chi connectivity index (χ0v) is 11.4. The molecule has 1 aliphatic heterocycles. The highest BCUT2D eigenvalue weighted by Crippen LogP contribution is 2.29. The average Bonchev–Trinajstić information content (AvgIpc) is 2.80. The molecule has 1 aliphatic rings. The summed E-state index contributed by atoms with van der Waals surface area (Å²) in [6, 6.07) is 5.05. The van der Waals surface area contributed by atoms with Gasteiger partial charge in [0, 0.05) is 18.7 Å². The van der Waals surface area contributed by atoms with Crippen molar-refractivity contribution >= 4 is 23.5 Å². The van der Waals surface area contributed by atoms with Gasteiger partial charge in [-0.25, -0.2) is 4.79 Å². The van der Waals surface area contributed by atoms with Crippen LogP contribution in [0.25, 0.3) is 0 Å². The number of hydrogen-bond acceptors (Lipinski definition) is 4. The largest absolute Gasteiger partial charge is 0.465 e. The summed E-state index contributed by atoms with van der Waals surface area (Å²) in [5, 5.41) is 0. The Morgan fingerprint density at radius 2 is 2.10 bits per heavy atom. The molecule has 1 atom stereocenters. The first-order chi connectivity index (χ1) is 9.45. The molecular formula is C14H16N2O4. The second-order valence-electron chi connectivity index (χ2n) is 4.75. The van der Waals surface area contributed by atoms with Gasteiger partial charge in [0.05, 0.1) is 18.6 Å². The van der Waals surface area contributed by atoms with Crippen LogP contribution in [0.4, 0.5) is 5.69 Å². The Labute approximate surface area is 116 Å². The number of methoxy groups -OCH3 is 1.